The molecule has 150 valence electrons. The van der Waals surface area contributed by atoms with Crippen molar-refractivity contribution in [2.75, 3.05) is 33.0 Å². The highest BCUT2D eigenvalue weighted by molar-refractivity contribution is 5.80. The Balaban J connectivity index is -0.000000496. The summed E-state index contributed by atoms with van der Waals surface area (Å²) in [6.45, 7) is 8.44. The number of hydrogen-bond donors (Lipinski definition) is 2. The quantitative estimate of drug-likeness (QED) is 0.386. The predicted octanol–water partition coefficient (Wildman–Crippen LogP) is 1.94. The van der Waals surface area contributed by atoms with Crippen molar-refractivity contribution in [1.82, 2.24) is 10.6 Å². The Labute approximate surface area is 154 Å². The highest BCUT2D eigenvalue weighted by Crippen LogP contribution is 2.17. The molecular weight excluding hydrogens is 324 g/mol. The van der Waals surface area contributed by atoms with Crippen LogP contribution in [-0.4, -0.2) is 57.1 Å². The van der Waals surface area contributed by atoms with Crippen LogP contribution in [0.25, 0.3) is 0 Å². The van der Waals surface area contributed by atoms with Crippen LogP contribution in [0.5, 0.6) is 0 Å². The predicted molar refractivity (Wildman–Crippen MR) is 100 cm³/mol. The van der Waals surface area contributed by atoms with Crippen LogP contribution in [0, 0.1) is 5.92 Å². The summed E-state index contributed by atoms with van der Waals surface area (Å²) in [6.07, 6.45) is 4.94. The summed E-state index contributed by atoms with van der Waals surface area (Å²) in [4.78, 5) is 32.3. The fourth-order valence-electron chi connectivity index (χ4n) is 1.92. The van der Waals surface area contributed by atoms with E-state index in [9.17, 15) is 14.4 Å². The Morgan fingerprint density at radius 1 is 1.16 bits per heavy atom. The lowest BCUT2D eigenvalue weighted by Crippen LogP contribution is -2.39. The van der Waals surface area contributed by atoms with Gasteiger partial charge in [0.05, 0.1) is 19.8 Å². The van der Waals surface area contributed by atoms with Crippen molar-refractivity contribution < 1.29 is 26.7 Å². The topological polar surface area (TPSA) is 93.7 Å². The lowest BCUT2D eigenvalue weighted by molar-refractivity contribution is -0.124. The summed E-state index contributed by atoms with van der Waals surface area (Å²) in [5.74, 6) is 0.342. The molecule has 0 bridgehead atoms. The fourth-order valence-corrected chi connectivity index (χ4v) is 1.92. The third-order valence-electron chi connectivity index (χ3n) is 3.76. The number of carbonyl (C=O) groups is 3. The SMILES string of the molecule is CC(C)C(=O)CCOCCC(=O)NC1CCC1.CCOCCNC=O.[HH].[HH]. The molecule has 25 heavy (non-hydrogen) atoms. The monoisotopic (exact) mass is 362 g/mol. The van der Waals surface area contributed by atoms with Crippen molar-refractivity contribution in [2.24, 2.45) is 5.92 Å². The molecule has 1 fully saturated rings. The smallest absolute Gasteiger partial charge is 0.222 e. The van der Waals surface area contributed by atoms with Crippen molar-refractivity contribution in [1.29, 1.82) is 0 Å². The van der Waals surface area contributed by atoms with Crippen molar-refractivity contribution >= 4 is 18.1 Å². The van der Waals surface area contributed by atoms with Gasteiger partial charge in [-0.15, -0.1) is 0 Å². The molecule has 0 radical (unpaired) electrons. The summed E-state index contributed by atoms with van der Waals surface area (Å²) < 4.78 is 10.2. The first-order chi connectivity index (χ1) is 12.0. The van der Waals surface area contributed by atoms with E-state index < -0.39 is 0 Å². The van der Waals surface area contributed by atoms with Gasteiger partial charge in [0.25, 0.3) is 0 Å². The van der Waals surface area contributed by atoms with Gasteiger partial charge in [0.1, 0.15) is 5.78 Å². The molecule has 0 heterocycles. The number of hydrogen-bond acceptors (Lipinski definition) is 5. The highest BCUT2D eigenvalue weighted by atomic mass is 16.5. The molecular formula is C18H38N2O5. The minimum Gasteiger partial charge on any atom is -0.380 e. The van der Waals surface area contributed by atoms with Gasteiger partial charge in [-0.05, 0) is 26.2 Å². The molecule has 1 aliphatic rings. The van der Waals surface area contributed by atoms with Crippen LogP contribution in [0.1, 0.15) is 55.7 Å². The molecule has 1 saturated carbocycles. The molecule has 0 unspecified atom stereocenters. The molecule has 2 N–H and O–H groups in total. The van der Waals surface area contributed by atoms with Crippen LogP contribution in [0.2, 0.25) is 0 Å². The van der Waals surface area contributed by atoms with E-state index in [0.29, 0.717) is 58.3 Å². The molecule has 0 aliphatic heterocycles. The van der Waals surface area contributed by atoms with Crippen molar-refractivity contribution in [2.45, 2.75) is 58.9 Å². The van der Waals surface area contributed by atoms with Crippen molar-refractivity contribution in [3.63, 3.8) is 0 Å². The van der Waals surface area contributed by atoms with Gasteiger partial charge >= 0.3 is 0 Å². The largest absolute Gasteiger partial charge is 0.380 e. The Morgan fingerprint density at radius 3 is 2.36 bits per heavy atom. The summed E-state index contributed by atoms with van der Waals surface area (Å²) >= 11 is 0. The maximum atomic E-state index is 11.4. The molecule has 0 aromatic heterocycles. The lowest BCUT2D eigenvalue weighted by atomic mass is 9.93. The molecule has 0 aromatic carbocycles. The van der Waals surface area contributed by atoms with Crippen LogP contribution in [0.3, 0.4) is 0 Å². The average Bonchev–Trinajstić information content (AvgIpc) is 2.55. The number of nitrogens with one attached hydrogen (secondary N) is 2. The molecule has 0 saturated heterocycles. The second-order valence-electron chi connectivity index (χ2n) is 6.20. The van der Waals surface area contributed by atoms with E-state index in [1.807, 2.05) is 20.8 Å². The van der Waals surface area contributed by atoms with Crippen LogP contribution in [0.15, 0.2) is 0 Å². The third kappa shape index (κ3) is 14.6. The summed E-state index contributed by atoms with van der Waals surface area (Å²) in [7, 11) is 0. The molecule has 7 heteroatoms. The van der Waals surface area contributed by atoms with Gasteiger partial charge in [0.2, 0.25) is 12.3 Å². The van der Waals surface area contributed by atoms with Gasteiger partial charge in [-0.25, -0.2) is 0 Å². The molecule has 7 nitrogen and oxygen atoms in total. The number of Topliss-reactive ketones (excluding diaryl/α,β-unsaturated/α-hetero) is 1. The zero-order valence-electron chi connectivity index (χ0n) is 15.8. The third-order valence-corrected chi connectivity index (χ3v) is 3.76. The minimum absolute atomic E-state index is 0. The van der Waals surface area contributed by atoms with Crippen molar-refractivity contribution in [3.05, 3.63) is 0 Å². The van der Waals surface area contributed by atoms with E-state index in [-0.39, 0.29) is 20.5 Å². The van der Waals surface area contributed by atoms with Crippen LogP contribution < -0.4 is 10.6 Å². The standard InChI is InChI=1S/C13H23NO3.C5H11NO2.2H2/c1-10(2)12(15)6-8-17-9-7-13(16)14-11-4-3-5-11;1-2-8-4-3-6-5-7;;/h10-11H,3-9H2,1-2H3,(H,14,16);5H,2-4H2,1H3,(H,6,7);2*1H. The number of carbonyl (C=O) groups excluding carboxylic acids is 3. The molecule has 0 aromatic rings. The number of amides is 2. The van der Waals surface area contributed by atoms with Gasteiger partial charge in [-0.2, -0.15) is 0 Å². The Kier molecular flexibility index (Phi) is 15.1. The van der Waals surface area contributed by atoms with Gasteiger partial charge in [-0.3, -0.25) is 14.4 Å². The number of ketones is 1. The lowest BCUT2D eigenvalue weighted by Gasteiger charge is -2.26. The average molecular weight is 363 g/mol. The van der Waals surface area contributed by atoms with Gasteiger partial charge in [0, 0.05) is 40.8 Å². The second-order valence-corrected chi connectivity index (χ2v) is 6.20. The Bertz CT molecular complexity index is 381. The fraction of sp³-hybridized carbons (Fsp3) is 0.833. The van der Waals surface area contributed by atoms with E-state index in [1.165, 1.54) is 6.42 Å². The summed E-state index contributed by atoms with van der Waals surface area (Å²) in [6, 6.07) is 0.394. The summed E-state index contributed by atoms with van der Waals surface area (Å²) in [5.41, 5.74) is 0. The number of rotatable bonds is 13. The minimum atomic E-state index is 0. The van der Waals surface area contributed by atoms with E-state index in [4.69, 9.17) is 9.47 Å². The maximum Gasteiger partial charge on any atom is 0.222 e. The van der Waals surface area contributed by atoms with Crippen LogP contribution >= 0.6 is 0 Å². The first kappa shape index (κ1) is 23.5. The van der Waals surface area contributed by atoms with Crippen LogP contribution in [0.4, 0.5) is 0 Å². The molecule has 1 aliphatic carbocycles. The van der Waals surface area contributed by atoms with Crippen molar-refractivity contribution in [3.8, 4) is 0 Å². The zero-order valence-corrected chi connectivity index (χ0v) is 15.8. The Morgan fingerprint density at radius 2 is 1.84 bits per heavy atom. The van der Waals surface area contributed by atoms with Gasteiger partial charge < -0.3 is 20.1 Å². The van der Waals surface area contributed by atoms with Crippen LogP contribution in [-0.2, 0) is 23.9 Å². The zero-order chi connectivity index (χ0) is 18.9. The van der Waals surface area contributed by atoms with E-state index >= 15 is 0 Å². The first-order valence-electron chi connectivity index (χ1n) is 9.15. The second kappa shape index (κ2) is 16.0. The van der Waals surface area contributed by atoms with E-state index in [0.717, 1.165) is 12.8 Å². The van der Waals surface area contributed by atoms with E-state index in [1.54, 1.807) is 0 Å². The number of ether oxygens (including phenoxy) is 2. The molecule has 2 amide bonds. The first-order valence-corrected chi connectivity index (χ1v) is 9.15. The Hall–Kier alpha value is -1.47. The maximum absolute atomic E-state index is 11.4. The highest BCUT2D eigenvalue weighted by Gasteiger charge is 2.18. The van der Waals surface area contributed by atoms with Gasteiger partial charge in [0.15, 0.2) is 0 Å². The molecule has 0 atom stereocenters. The molecule has 0 spiro atoms. The van der Waals surface area contributed by atoms with E-state index in [2.05, 4.69) is 10.6 Å². The van der Waals surface area contributed by atoms with Gasteiger partial charge in [-0.1, -0.05) is 13.8 Å². The normalized spacial score (nSPS) is 13.4. The summed E-state index contributed by atoms with van der Waals surface area (Å²) in [5, 5.41) is 5.43. The molecule has 1 rings (SSSR count).